The zero-order valence-corrected chi connectivity index (χ0v) is 22.3. The zero-order valence-electron chi connectivity index (χ0n) is 21.5. The number of carbonyl (C=O) groups excluding carboxylic acids is 3. The Balaban J connectivity index is 1.82. The van der Waals surface area contributed by atoms with E-state index in [2.05, 4.69) is 11.9 Å². The van der Waals surface area contributed by atoms with E-state index >= 15 is 0 Å². The lowest BCUT2D eigenvalue weighted by atomic mass is 9.95. The van der Waals surface area contributed by atoms with E-state index in [1.807, 2.05) is 0 Å². The summed E-state index contributed by atoms with van der Waals surface area (Å²) in [6.07, 6.45) is 1.92. The molecule has 1 saturated heterocycles. The number of nitrogens with zero attached hydrogens (tertiary/aromatic N) is 2. The number of methoxy groups -OCH3 is 2. The third kappa shape index (κ3) is 5.12. The Kier molecular flexibility index (Phi) is 8.11. The minimum atomic E-state index is -0.988. The van der Waals surface area contributed by atoms with Crippen molar-refractivity contribution >= 4 is 39.9 Å². The van der Waals surface area contributed by atoms with Crippen LogP contribution in [0.5, 0.6) is 11.5 Å². The van der Waals surface area contributed by atoms with E-state index in [0.29, 0.717) is 34.9 Å². The van der Waals surface area contributed by atoms with Crippen LogP contribution in [0.2, 0.25) is 0 Å². The van der Waals surface area contributed by atoms with Crippen molar-refractivity contribution in [2.24, 2.45) is 0 Å². The van der Waals surface area contributed by atoms with E-state index in [1.165, 1.54) is 19.1 Å². The molecule has 0 saturated carbocycles. The average molecular weight is 537 g/mol. The van der Waals surface area contributed by atoms with E-state index in [-0.39, 0.29) is 21.3 Å². The molecule has 198 valence electrons. The molecular formula is C28H28N2O7S. The van der Waals surface area contributed by atoms with Crippen LogP contribution in [0.25, 0.3) is 5.76 Å². The number of hydrogen-bond acceptors (Lipinski definition) is 9. The molecule has 1 aliphatic rings. The van der Waals surface area contributed by atoms with E-state index < -0.39 is 23.7 Å². The number of ether oxygens (including phenoxy) is 3. The molecule has 1 aliphatic heterocycles. The minimum Gasteiger partial charge on any atom is -0.507 e. The van der Waals surface area contributed by atoms with Gasteiger partial charge in [0, 0.05) is 5.56 Å². The lowest BCUT2D eigenvalue weighted by Gasteiger charge is -2.23. The molecule has 0 spiro atoms. The van der Waals surface area contributed by atoms with Gasteiger partial charge in [0.25, 0.3) is 5.78 Å². The van der Waals surface area contributed by atoms with Gasteiger partial charge in [-0.25, -0.2) is 9.78 Å². The first-order valence-electron chi connectivity index (χ1n) is 12.0. The smallest absolute Gasteiger partial charge is 0.350 e. The van der Waals surface area contributed by atoms with Gasteiger partial charge in [0.1, 0.15) is 22.1 Å². The Morgan fingerprint density at radius 2 is 1.71 bits per heavy atom. The summed E-state index contributed by atoms with van der Waals surface area (Å²) in [7, 11) is 2.79. The summed E-state index contributed by atoms with van der Waals surface area (Å²) in [6, 6.07) is 12.5. The van der Waals surface area contributed by atoms with Crippen LogP contribution in [0.15, 0.2) is 54.1 Å². The van der Waals surface area contributed by atoms with Crippen molar-refractivity contribution in [2.75, 3.05) is 25.7 Å². The summed E-state index contributed by atoms with van der Waals surface area (Å²) in [6.45, 7) is 4.27. The number of thiazole rings is 1. The van der Waals surface area contributed by atoms with Gasteiger partial charge in [0.15, 0.2) is 5.13 Å². The molecule has 10 heteroatoms. The molecule has 38 heavy (non-hydrogen) atoms. The fraction of sp³-hybridized carbons (Fsp3) is 0.286. The number of aliphatic hydroxyl groups excluding tert-OH is 1. The van der Waals surface area contributed by atoms with Crippen molar-refractivity contribution in [3.05, 3.63) is 75.8 Å². The molecule has 1 amide bonds. The van der Waals surface area contributed by atoms with Crippen molar-refractivity contribution < 1.29 is 33.7 Å². The molecule has 2 heterocycles. The molecule has 4 rings (SSSR count). The van der Waals surface area contributed by atoms with Crippen molar-refractivity contribution in [3.8, 4) is 11.5 Å². The van der Waals surface area contributed by atoms with Crippen molar-refractivity contribution in [1.82, 2.24) is 4.98 Å². The number of aliphatic hydroxyl groups is 1. The molecule has 1 fully saturated rings. The standard InChI is InChI=1S/C28H28N2O7S/c1-5-6-15-37-20-13-9-18(10-14-20)23(31)21-22(17-7-11-19(35-3)12-8-17)30(26(33)24(21)32)28-29-16(2)25(38-28)27(34)36-4/h7-14,22,31H,5-6,15H2,1-4H3/t22-/m1/s1. The first kappa shape index (κ1) is 26.9. The Hall–Kier alpha value is -4.18. The molecular weight excluding hydrogens is 508 g/mol. The second-order valence-electron chi connectivity index (χ2n) is 8.57. The van der Waals surface area contributed by atoms with E-state index in [4.69, 9.17) is 14.2 Å². The van der Waals surface area contributed by atoms with Gasteiger partial charge in [0.2, 0.25) is 0 Å². The normalized spacial score (nSPS) is 16.5. The third-order valence-corrected chi connectivity index (χ3v) is 7.27. The Labute approximate surface area is 224 Å². The number of rotatable bonds is 9. The summed E-state index contributed by atoms with van der Waals surface area (Å²) >= 11 is 0.944. The predicted octanol–water partition coefficient (Wildman–Crippen LogP) is 5.05. The van der Waals surface area contributed by atoms with Crippen LogP contribution in [0.1, 0.15) is 52.3 Å². The highest BCUT2D eigenvalue weighted by Gasteiger charge is 2.48. The Morgan fingerprint density at radius 3 is 2.32 bits per heavy atom. The van der Waals surface area contributed by atoms with Crippen LogP contribution in [0, 0.1) is 6.92 Å². The van der Waals surface area contributed by atoms with Crippen LogP contribution in [0.4, 0.5) is 5.13 Å². The predicted molar refractivity (Wildman–Crippen MR) is 143 cm³/mol. The SMILES string of the molecule is CCCCOc1ccc(C(O)=C2C(=O)C(=O)N(c3nc(C)c(C(=O)OC)s3)[C@@H]2c2ccc(OC)cc2)cc1. The van der Waals surface area contributed by atoms with Gasteiger partial charge in [-0.2, -0.15) is 0 Å². The van der Waals surface area contributed by atoms with Gasteiger partial charge in [0.05, 0.1) is 38.1 Å². The van der Waals surface area contributed by atoms with Gasteiger partial charge in [-0.3, -0.25) is 14.5 Å². The topological polar surface area (TPSA) is 115 Å². The second kappa shape index (κ2) is 11.5. The number of amides is 1. The molecule has 0 unspecified atom stereocenters. The molecule has 1 aromatic heterocycles. The first-order chi connectivity index (χ1) is 18.3. The van der Waals surface area contributed by atoms with Crippen molar-refractivity contribution in [1.29, 1.82) is 0 Å². The van der Waals surface area contributed by atoms with Crippen LogP contribution in [0.3, 0.4) is 0 Å². The third-order valence-electron chi connectivity index (χ3n) is 6.13. The zero-order chi connectivity index (χ0) is 27.4. The van der Waals surface area contributed by atoms with Crippen LogP contribution in [-0.2, 0) is 14.3 Å². The van der Waals surface area contributed by atoms with Gasteiger partial charge in [-0.15, -0.1) is 0 Å². The second-order valence-corrected chi connectivity index (χ2v) is 9.55. The number of carbonyl (C=O) groups is 3. The summed E-state index contributed by atoms with van der Waals surface area (Å²) in [4.78, 5) is 44.7. The highest BCUT2D eigenvalue weighted by Crippen LogP contribution is 2.44. The maximum Gasteiger partial charge on any atom is 0.350 e. The van der Waals surface area contributed by atoms with Crippen LogP contribution < -0.4 is 14.4 Å². The van der Waals surface area contributed by atoms with Gasteiger partial charge in [-0.05, 0) is 55.3 Å². The molecule has 0 radical (unpaired) electrons. The largest absolute Gasteiger partial charge is 0.507 e. The highest BCUT2D eigenvalue weighted by molar-refractivity contribution is 7.17. The number of aromatic nitrogens is 1. The maximum atomic E-state index is 13.4. The summed E-state index contributed by atoms with van der Waals surface area (Å²) in [5.74, 6) is -1.42. The molecule has 2 aromatic carbocycles. The minimum absolute atomic E-state index is 0.0905. The molecule has 0 aliphatic carbocycles. The fourth-order valence-electron chi connectivity index (χ4n) is 4.10. The molecule has 1 N–H and O–H groups in total. The fourth-order valence-corrected chi connectivity index (χ4v) is 5.11. The number of esters is 1. The van der Waals surface area contributed by atoms with Crippen LogP contribution >= 0.6 is 11.3 Å². The van der Waals surface area contributed by atoms with Crippen LogP contribution in [-0.4, -0.2) is 48.6 Å². The lowest BCUT2D eigenvalue weighted by Crippen LogP contribution is -2.29. The summed E-state index contributed by atoms with van der Waals surface area (Å²) < 4.78 is 15.8. The number of aryl methyl sites for hydroxylation is 1. The quantitative estimate of drug-likeness (QED) is 0.133. The number of anilines is 1. The van der Waals surface area contributed by atoms with Crippen molar-refractivity contribution in [2.45, 2.75) is 32.7 Å². The molecule has 0 bridgehead atoms. The number of unbranched alkanes of at least 4 members (excludes halogenated alkanes) is 1. The lowest BCUT2D eigenvalue weighted by molar-refractivity contribution is -0.132. The maximum absolute atomic E-state index is 13.4. The summed E-state index contributed by atoms with van der Waals surface area (Å²) in [5, 5.41) is 11.5. The Bertz CT molecular complexity index is 1380. The van der Waals surface area contributed by atoms with Crippen molar-refractivity contribution in [3.63, 3.8) is 0 Å². The van der Waals surface area contributed by atoms with Gasteiger partial charge < -0.3 is 19.3 Å². The van der Waals surface area contributed by atoms with E-state index in [1.54, 1.807) is 55.5 Å². The molecule has 1 atom stereocenters. The number of hydrogen-bond donors (Lipinski definition) is 1. The average Bonchev–Trinajstić information content (AvgIpc) is 3.44. The molecule has 3 aromatic rings. The Morgan fingerprint density at radius 1 is 1.05 bits per heavy atom. The molecule has 9 nitrogen and oxygen atoms in total. The first-order valence-corrected chi connectivity index (χ1v) is 12.9. The monoisotopic (exact) mass is 536 g/mol. The summed E-state index contributed by atoms with van der Waals surface area (Å²) in [5.41, 5.74) is 1.19. The van der Waals surface area contributed by atoms with Gasteiger partial charge in [-0.1, -0.05) is 36.8 Å². The van der Waals surface area contributed by atoms with E-state index in [0.717, 1.165) is 24.2 Å². The van der Waals surface area contributed by atoms with E-state index in [9.17, 15) is 19.5 Å². The number of Topliss-reactive ketones (excluding diaryl/α,β-unsaturated/α-hetero) is 1. The highest BCUT2D eigenvalue weighted by atomic mass is 32.1. The van der Waals surface area contributed by atoms with Gasteiger partial charge >= 0.3 is 11.9 Å². The number of ketones is 1. The number of benzene rings is 2.